The Kier molecular flexibility index (Phi) is 16.6. The predicted molar refractivity (Wildman–Crippen MR) is 239 cm³/mol. The minimum absolute atomic E-state index is 0. The van der Waals surface area contributed by atoms with Crippen LogP contribution in [0.5, 0.6) is 0 Å². The molecule has 0 saturated heterocycles. The molecule has 0 N–H and O–H groups in total. The van der Waals surface area contributed by atoms with Gasteiger partial charge in [-0.3, -0.25) is 0 Å². The average molecular weight is 950 g/mol. The van der Waals surface area contributed by atoms with E-state index in [1.54, 1.807) is 0 Å². The molecule has 5 heteroatoms. The summed E-state index contributed by atoms with van der Waals surface area (Å²) in [5.74, 6) is 0. The zero-order valence-electron chi connectivity index (χ0n) is 29.6. The first-order valence-corrected chi connectivity index (χ1v) is 21.0. The van der Waals surface area contributed by atoms with Gasteiger partial charge in [0.1, 0.15) is 0 Å². The van der Waals surface area contributed by atoms with E-state index in [-0.39, 0.29) is 21.1 Å². The van der Waals surface area contributed by atoms with Gasteiger partial charge in [-0.1, -0.05) is 254 Å². The molecule has 0 aliphatic carbocycles. The molecule has 0 aliphatic rings. The van der Waals surface area contributed by atoms with Crippen molar-refractivity contribution in [2.45, 2.75) is 4.08 Å². The van der Waals surface area contributed by atoms with Crippen LogP contribution in [0.3, 0.4) is 0 Å². The van der Waals surface area contributed by atoms with Gasteiger partial charge in [0.25, 0.3) is 0 Å². The van der Waals surface area contributed by atoms with E-state index in [1.807, 2.05) is 60.7 Å². The van der Waals surface area contributed by atoms with Crippen LogP contribution in [0, 0.1) is 0 Å². The Morgan fingerprint density at radius 2 is 0.389 bits per heavy atom. The fraction of sp³-hybridized carbons (Fsp3) is 0.0204. The molecule has 268 valence electrons. The molecule has 0 bridgehead atoms. The van der Waals surface area contributed by atoms with Crippen molar-refractivity contribution in [3.05, 3.63) is 254 Å². The normalized spacial score (nSPS) is 10.6. The van der Waals surface area contributed by atoms with Crippen LogP contribution in [0.4, 0.5) is 0 Å². The Labute approximate surface area is 349 Å². The maximum absolute atomic E-state index is 5.49. The molecule has 0 fully saturated rings. The Morgan fingerprint density at radius 3 is 0.556 bits per heavy atom. The summed E-state index contributed by atoms with van der Waals surface area (Å²) in [6.45, 7) is 0. The van der Waals surface area contributed by atoms with Gasteiger partial charge in [-0.15, -0.1) is 0 Å². The van der Waals surface area contributed by atoms with Gasteiger partial charge < -0.3 is 25.3 Å². The first-order chi connectivity index (χ1) is 26.1. The fourth-order valence-corrected chi connectivity index (χ4v) is 11.0. The monoisotopic (exact) mass is 949 g/mol. The topological polar surface area (TPSA) is 0 Å². The summed E-state index contributed by atoms with van der Waals surface area (Å²) in [6.07, 6.45) is 0. The first-order valence-electron chi connectivity index (χ1n) is 17.5. The van der Waals surface area contributed by atoms with Gasteiger partial charge in [0, 0.05) is 0 Å². The van der Waals surface area contributed by atoms with E-state index in [2.05, 4.69) is 182 Å². The van der Waals surface area contributed by atoms with Crippen molar-refractivity contribution in [3.8, 4) is 0 Å². The Hall–Kier alpha value is -3.99. The molecule has 0 aliphatic heterocycles. The van der Waals surface area contributed by atoms with Crippen molar-refractivity contribution in [2.24, 2.45) is 0 Å². The van der Waals surface area contributed by atoms with Crippen LogP contribution in [0.15, 0.2) is 243 Å². The molecule has 8 aromatic carbocycles. The summed E-state index contributed by atoms with van der Waals surface area (Å²) < 4.78 is -0.747. The van der Waals surface area contributed by atoms with E-state index in [4.69, 9.17) is 25.3 Å². The van der Waals surface area contributed by atoms with E-state index in [9.17, 15) is 0 Å². The summed E-state index contributed by atoms with van der Waals surface area (Å²) in [5.41, 5.74) is 1.97. The van der Waals surface area contributed by atoms with Gasteiger partial charge in [-0.05, 0) is 47.7 Å². The van der Waals surface area contributed by atoms with Crippen LogP contribution in [-0.4, -0.2) is 0 Å². The van der Waals surface area contributed by atoms with Crippen LogP contribution in [0.25, 0.3) is 0 Å². The van der Waals surface area contributed by atoms with Crippen LogP contribution >= 0.6 is 15.8 Å². The van der Waals surface area contributed by atoms with Crippen LogP contribution in [0.2, 0.25) is 0 Å². The first kappa shape index (κ1) is 41.2. The van der Waals surface area contributed by atoms with Crippen LogP contribution in [0.1, 0.15) is 11.1 Å². The largest absolute Gasteiger partial charge is 2.00 e. The fourth-order valence-electron chi connectivity index (χ4n) is 5.84. The minimum atomic E-state index is -0.747. The van der Waals surface area contributed by atoms with Gasteiger partial charge in [-0.2, -0.15) is 0 Å². The van der Waals surface area contributed by atoms with Crippen molar-refractivity contribution in [1.29, 1.82) is 0 Å². The zero-order chi connectivity index (χ0) is 36.6. The Morgan fingerprint density at radius 1 is 0.241 bits per heavy atom. The van der Waals surface area contributed by atoms with E-state index in [0.717, 1.165) is 11.1 Å². The molecule has 0 radical (unpaired) electrons. The van der Waals surface area contributed by atoms with Crippen molar-refractivity contribution in [2.75, 3.05) is 0 Å². The van der Waals surface area contributed by atoms with Gasteiger partial charge in [0.05, 0.1) is 0 Å². The number of rotatable bonds is 8. The van der Waals surface area contributed by atoms with E-state index in [0.29, 0.717) is 0 Å². The smallest absolute Gasteiger partial charge is 0.802 e. The van der Waals surface area contributed by atoms with Gasteiger partial charge >= 0.3 is 21.1 Å². The molecule has 0 saturated carbocycles. The minimum Gasteiger partial charge on any atom is -0.802 e. The molecule has 0 amide bonds. The Bertz CT molecular complexity index is 1830. The maximum Gasteiger partial charge on any atom is 2.00 e. The molecule has 0 heterocycles. The quantitative estimate of drug-likeness (QED) is 0.110. The summed E-state index contributed by atoms with van der Waals surface area (Å²) in [5, 5.41) is 8.39. The third kappa shape index (κ3) is 11.5. The standard InChI is InChI=1S/2C18H15P.C13H12S2.Pt/c2*1-4-10-16(11-5-1)19(17-12-6-2-7-13-17)18-14-8-3-9-15-18;14-13(15,11-7-3-1-4-8-11)12-9-5-2-6-10-12;/h2*1-15H;1-10,14-15H;/q;;;+2/p-2. The molecular formula is C49H40P2PtS2. The zero-order valence-corrected chi connectivity index (χ0v) is 35.3. The molecule has 54 heavy (non-hydrogen) atoms. The van der Waals surface area contributed by atoms with Crippen LogP contribution < -0.4 is 31.8 Å². The van der Waals surface area contributed by atoms with Gasteiger partial charge in [0.15, 0.2) is 0 Å². The summed E-state index contributed by atoms with van der Waals surface area (Å²) in [4.78, 5) is 0. The maximum atomic E-state index is 5.49. The molecule has 0 unspecified atom stereocenters. The third-order valence-corrected chi connectivity index (χ3v) is 14.2. The number of hydrogen-bond donors (Lipinski definition) is 0. The van der Waals surface area contributed by atoms with Crippen molar-refractivity contribution >= 4 is 72.9 Å². The summed E-state index contributed by atoms with van der Waals surface area (Å²) >= 11 is 11.0. The Balaban J connectivity index is 0.000000156. The summed E-state index contributed by atoms with van der Waals surface area (Å²) in [6, 6.07) is 84.4. The SMILES string of the molecule is [Pt+2].[S-]C([S-])(c1ccccc1)c1ccccc1.c1ccc(P(c2ccccc2)c2ccccc2)cc1.c1ccc(P(c2ccccc2)c2ccccc2)cc1. The molecule has 0 aromatic heterocycles. The van der Waals surface area contributed by atoms with Crippen LogP contribution in [-0.2, 0) is 50.4 Å². The second kappa shape index (κ2) is 21.8. The third-order valence-electron chi connectivity index (χ3n) is 8.39. The van der Waals surface area contributed by atoms with Crippen molar-refractivity contribution in [3.63, 3.8) is 0 Å². The van der Waals surface area contributed by atoms with Gasteiger partial charge in [-0.25, -0.2) is 4.08 Å². The molecule has 0 nitrogen and oxygen atoms in total. The second-order valence-corrected chi connectivity index (χ2v) is 18.0. The molecular weight excluding hydrogens is 910 g/mol. The molecule has 8 aromatic rings. The van der Waals surface area contributed by atoms with Crippen molar-refractivity contribution in [1.82, 2.24) is 0 Å². The van der Waals surface area contributed by atoms with Crippen molar-refractivity contribution < 1.29 is 21.1 Å². The molecule has 8 rings (SSSR count). The van der Waals surface area contributed by atoms with Gasteiger partial charge in [0.2, 0.25) is 0 Å². The number of benzene rings is 8. The van der Waals surface area contributed by atoms with E-state index < -0.39 is 19.9 Å². The molecule has 0 spiro atoms. The van der Waals surface area contributed by atoms with E-state index >= 15 is 0 Å². The average Bonchev–Trinajstić information content (AvgIpc) is 3.25. The predicted octanol–water partition coefficient (Wildman–Crippen LogP) is 9.87. The second-order valence-electron chi connectivity index (χ2n) is 12.0. The number of hydrogen-bond acceptors (Lipinski definition) is 2. The summed E-state index contributed by atoms with van der Waals surface area (Å²) in [7, 11) is -0.892. The molecule has 0 atom stereocenters. The van der Waals surface area contributed by atoms with E-state index in [1.165, 1.54) is 31.8 Å².